The summed E-state index contributed by atoms with van der Waals surface area (Å²) in [7, 11) is 1.67. The summed E-state index contributed by atoms with van der Waals surface area (Å²) in [5.41, 5.74) is 2.32. The average molecular weight is 453 g/mol. The molecular weight excluding hydrogens is 414 g/mol. The van der Waals surface area contributed by atoms with Gasteiger partial charge in [0.05, 0.1) is 25.8 Å². The minimum Gasteiger partial charge on any atom is -0.493 e. The van der Waals surface area contributed by atoms with Crippen LogP contribution in [0, 0.1) is 23.7 Å². The van der Waals surface area contributed by atoms with Gasteiger partial charge in [-0.1, -0.05) is 26.8 Å². The monoisotopic (exact) mass is 452 g/mol. The molecule has 2 aromatic rings. The summed E-state index contributed by atoms with van der Waals surface area (Å²) in [6.07, 6.45) is 5.51. The minimum atomic E-state index is 0.104. The van der Waals surface area contributed by atoms with E-state index in [1.807, 2.05) is 24.4 Å². The third-order valence-corrected chi connectivity index (χ3v) is 6.16. The number of rotatable bonds is 9. The fraction of sp³-hybridized carbons (Fsp3) is 0.577. The number of benzene rings is 1. The molecule has 3 rings (SSSR count). The molecule has 1 aromatic heterocycles. The zero-order chi connectivity index (χ0) is 23.9. The lowest BCUT2D eigenvalue weighted by molar-refractivity contribution is -0.945. The molecule has 0 spiro atoms. The van der Waals surface area contributed by atoms with Crippen LogP contribution < -0.4 is 14.8 Å². The van der Waals surface area contributed by atoms with E-state index in [2.05, 4.69) is 49.0 Å². The van der Waals surface area contributed by atoms with Crippen LogP contribution in [0.4, 0.5) is 5.82 Å². The highest BCUT2D eigenvalue weighted by molar-refractivity contribution is 5.44. The van der Waals surface area contributed by atoms with Gasteiger partial charge in [-0.15, -0.1) is 0 Å². The molecule has 178 valence electrons. The van der Waals surface area contributed by atoms with Gasteiger partial charge in [0.25, 0.3) is 0 Å². The quantitative estimate of drug-likeness (QED) is 0.556. The highest BCUT2D eigenvalue weighted by Gasteiger charge is 2.32. The molecule has 0 aliphatic carbocycles. The number of nitriles is 1. The second kappa shape index (κ2) is 10.8. The first kappa shape index (κ1) is 24.8. The average Bonchev–Trinajstić information content (AvgIpc) is 2.78. The first-order chi connectivity index (χ1) is 15.7. The topological polar surface area (TPSA) is 80.1 Å². The number of aromatic nitrogens is 2. The van der Waals surface area contributed by atoms with Crippen LogP contribution in [0.3, 0.4) is 0 Å². The summed E-state index contributed by atoms with van der Waals surface area (Å²) >= 11 is 0. The zero-order valence-electron chi connectivity index (χ0n) is 20.8. The Hall–Kier alpha value is -2.85. The van der Waals surface area contributed by atoms with E-state index in [0.717, 1.165) is 65.7 Å². The van der Waals surface area contributed by atoms with Gasteiger partial charge in [0.15, 0.2) is 11.5 Å². The minimum absolute atomic E-state index is 0.104. The van der Waals surface area contributed by atoms with Crippen molar-refractivity contribution in [3.63, 3.8) is 0 Å². The van der Waals surface area contributed by atoms with E-state index < -0.39 is 0 Å². The number of nitrogens with one attached hydrogen (secondary N) is 1. The smallest absolute Gasteiger partial charge is 0.234 e. The van der Waals surface area contributed by atoms with Crippen LogP contribution in [0.1, 0.15) is 57.0 Å². The van der Waals surface area contributed by atoms with E-state index >= 15 is 0 Å². The Morgan fingerprint density at radius 2 is 1.91 bits per heavy atom. The van der Waals surface area contributed by atoms with Gasteiger partial charge in [0.2, 0.25) is 5.82 Å². The highest BCUT2D eigenvalue weighted by Crippen LogP contribution is 2.29. The predicted octanol–water partition coefficient (Wildman–Crippen LogP) is 4.70. The maximum atomic E-state index is 9.31. The number of anilines is 1. The summed E-state index contributed by atoms with van der Waals surface area (Å²) < 4.78 is 12.6. The number of hydrogen-bond acceptors (Lipinski definition) is 6. The van der Waals surface area contributed by atoms with E-state index in [1.54, 1.807) is 7.11 Å². The molecule has 7 heteroatoms. The van der Waals surface area contributed by atoms with Gasteiger partial charge in [0, 0.05) is 12.7 Å². The van der Waals surface area contributed by atoms with E-state index in [1.165, 1.54) is 19.3 Å². The lowest BCUT2D eigenvalue weighted by Crippen LogP contribution is -2.53. The number of hydrogen-bond donors (Lipinski definition) is 1. The molecule has 1 saturated heterocycles. The molecule has 2 heterocycles. The fourth-order valence-electron chi connectivity index (χ4n) is 4.33. The Bertz CT molecular complexity index is 972. The van der Waals surface area contributed by atoms with Gasteiger partial charge in [-0.3, -0.25) is 0 Å². The molecule has 1 aromatic carbocycles. The Kier molecular flexibility index (Phi) is 8.15. The number of ether oxygens (including phenoxy) is 2. The normalized spacial score (nSPS) is 15.5. The molecule has 0 unspecified atom stereocenters. The van der Waals surface area contributed by atoms with Crippen LogP contribution >= 0.6 is 0 Å². The van der Waals surface area contributed by atoms with Crippen LogP contribution in [0.5, 0.6) is 11.5 Å². The van der Waals surface area contributed by atoms with Crippen molar-refractivity contribution in [3.05, 3.63) is 41.3 Å². The van der Waals surface area contributed by atoms with Crippen molar-refractivity contribution < 1.29 is 14.0 Å². The lowest BCUT2D eigenvalue weighted by Gasteiger charge is -2.41. The Balaban J connectivity index is 1.78. The summed E-state index contributed by atoms with van der Waals surface area (Å²) in [5.74, 6) is 2.54. The molecule has 33 heavy (non-hydrogen) atoms. The molecule has 1 fully saturated rings. The molecule has 0 bridgehead atoms. The van der Waals surface area contributed by atoms with Crippen LogP contribution in [0.15, 0.2) is 24.4 Å². The summed E-state index contributed by atoms with van der Waals surface area (Å²) in [5, 5.41) is 12.8. The van der Waals surface area contributed by atoms with Crippen LogP contribution in [-0.4, -0.2) is 54.3 Å². The predicted molar refractivity (Wildman–Crippen MR) is 130 cm³/mol. The summed E-state index contributed by atoms with van der Waals surface area (Å²) in [6.45, 7) is 13.9. The number of quaternary nitrogens is 1. The SMILES string of the molecule is COc1ccc(C)cc1OCC[N+]1(Cc2cnc(C#N)nc2NCC(C)(C)C)CCCCC1. The number of likely N-dealkylation sites (tertiary alicyclic amines) is 1. The zero-order valence-corrected chi connectivity index (χ0v) is 20.8. The molecule has 0 amide bonds. The molecule has 0 atom stereocenters. The highest BCUT2D eigenvalue weighted by atomic mass is 16.5. The van der Waals surface area contributed by atoms with E-state index in [0.29, 0.717) is 6.61 Å². The van der Waals surface area contributed by atoms with E-state index in [4.69, 9.17) is 9.47 Å². The van der Waals surface area contributed by atoms with Crippen molar-refractivity contribution in [1.82, 2.24) is 9.97 Å². The molecular formula is C26H38N5O2+. The van der Waals surface area contributed by atoms with Crippen LogP contribution in [0.2, 0.25) is 0 Å². The Morgan fingerprint density at radius 3 is 2.58 bits per heavy atom. The molecule has 7 nitrogen and oxygen atoms in total. The molecule has 1 aliphatic rings. The lowest BCUT2D eigenvalue weighted by atomic mass is 9.97. The van der Waals surface area contributed by atoms with Gasteiger partial charge >= 0.3 is 0 Å². The third-order valence-electron chi connectivity index (χ3n) is 6.16. The number of piperidine rings is 1. The fourth-order valence-corrected chi connectivity index (χ4v) is 4.33. The maximum Gasteiger partial charge on any atom is 0.234 e. The van der Waals surface area contributed by atoms with Gasteiger partial charge in [-0.25, -0.2) is 9.97 Å². The largest absolute Gasteiger partial charge is 0.493 e. The van der Waals surface area contributed by atoms with E-state index in [9.17, 15) is 5.26 Å². The first-order valence-electron chi connectivity index (χ1n) is 11.9. The summed E-state index contributed by atoms with van der Waals surface area (Å²) in [4.78, 5) is 8.80. The van der Waals surface area contributed by atoms with Crippen molar-refractivity contribution in [3.8, 4) is 17.6 Å². The molecule has 0 saturated carbocycles. The first-order valence-corrected chi connectivity index (χ1v) is 11.9. The standard InChI is InChI=1S/C26H38N5O2/c1-20-9-10-22(32-5)23(15-20)33-14-13-31(11-7-6-8-12-31)18-21-17-28-24(16-27)30-25(21)29-19-26(2,3)4/h9-10,15,17H,6-8,11-14,18-19H2,1-5H3,(H,28,29,30)/q+1. The number of aryl methyl sites for hydroxylation is 1. The summed E-state index contributed by atoms with van der Waals surface area (Å²) in [6, 6.07) is 8.09. The van der Waals surface area contributed by atoms with Gasteiger partial charge in [-0.05, 0) is 49.3 Å². The molecule has 1 aliphatic heterocycles. The maximum absolute atomic E-state index is 9.31. The second-order valence-corrected chi connectivity index (χ2v) is 10.3. The van der Waals surface area contributed by atoms with Crippen LogP contribution in [0.25, 0.3) is 0 Å². The second-order valence-electron chi connectivity index (χ2n) is 10.3. The third kappa shape index (κ3) is 7.06. The van der Waals surface area contributed by atoms with E-state index in [-0.39, 0.29) is 11.2 Å². The van der Waals surface area contributed by atoms with Gasteiger partial charge in [0.1, 0.15) is 31.6 Å². The molecule has 1 N–H and O–H groups in total. The Morgan fingerprint density at radius 1 is 1.15 bits per heavy atom. The van der Waals surface area contributed by atoms with Crippen molar-refractivity contribution in [1.29, 1.82) is 5.26 Å². The van der Waals surface area contributed by atoms with Crippen LogP contribution in [-0.2, 0) is 6.54 Å². The number of nitrogens with zero attached hydrogens (tertiary/aromatic N) is 4. The van der Waals surface area contributed by atoms with Crippen molar-refractivity contribution in [2.75, 3.05) is 45.2 Å². The molecule has 0 radical (unpaired) electrons. The van der Waals surface area contributed by atoms with Crippen molar-refractivity contribution in [2.24, 2.45) is 5.41 Å². The van der Waals surface area contributed by atoms with Crippen molar-refractivity contribution >= 4 is 5.82 Å². The van der Waals surface area contributed by atoms with Crippen molar-refractivity contribution in [2.45, 2.75) is 53.5 Å². The Labute approximate surface area is 198 Å². The van der Waals surface area contributed by atoms with Gasteiger partial charge < -0.3 is 19.3 Å². The number of methoxy groups -OCH3 is 1. The van der Waals surface area contributed by atoms with Gasteiger partial charge in [-0.2, -0.15) is 5.26 Å².